The Bertz CT molecular complexity index is 670. The summed E-state index contributed by atoms with van der Waals surface area (Å²) in [4.78, 5) is 11.6. The number of hydrogen-bond acceptors (Lipinski definition) is 2. The highest BCUT2D eigenvalue weighted by molar-refractivity contribution is 5.84. The number of carboxylic acids is 1. The van der Waals surface area contributed by atoms with Gasteiger partial charge in [-0.15, -0.1) is 0 Å². The molecule has 0 radical (unpaired) electrons. The molecule has 0 amide bonds. The molecule has 5 heteroatoms. The van der Waals surface area contributed by atoms with Gasteiger partial charge in [0.1, 0.15) is 11.6 Å². The molecule has 0 bridgehead atoms. The molecule has 1 atom stereocenters. The van der Waals surface area contributed by atoms with Gasteiger partial charge in [-0.25, -0.2) is 13.6 Å². The lowest BCUT2D eigenvalue weighted by atomic mass is 9.90. The first kappa shape index (κ1) is 15.0. The fourth-order valence-corrected chi connectivity index (χ4v) is 1.97. The van der Waals surface area contributed by atoms with Gasteiger partial charge in [0.2, 0.25) is 0 Å². The van der Waals surface area contributed by atoms with Gasteiger partial charge in [0, 0.05) is 5.69 Å². The van der Waals surface area contributed by atoms with Crippen molar-refractivity contribution in [2.24, 2.45) is 0 Å². The van der Waals surface area contributed by atoms with Crippen LogP contribution in [0, 0.1) is 18.6 Å². The average Bonchev–Trinajstić information content (AvgIpc) is 2.44. The second kappa shape index (κ2) is 5.52. The number of aliphatic carboxylic acids is 1. The summed E-state index contributed by atoms with van der Waals surface area (Å²) in [5, 5.41) is 12.3. The molecule has 0 spiro atoms. The van der Waals surface area contributed by atoms with E-state index >= 15 is 0 Å². The number of rotatable bonds is 4. The monoisotopic (exact) mass is 291 g/mol. The summed E-state index contributed by atoms with van der Waals surface area (Å²) in [5.41, 5.74) is -0.371. The number of anilines is 1. The summed E-state index contributed by atoms with van der Waals surface area (Å²) in [5.74, 6) is -2.05. The van der Waals surface area contributed by atoms with E-state index in [1.807, 2.05) is 0 Å². The highest BCUT2D eigenvalue weighted by atomic mass is 19.1. The van der Waals surface area contributed by atoms with Crippen LogP contribution in [-0.2, 0) is 10.3 Å². The Labute approximate surface area is 121 Å². The van der Waals surface area contributed by atoms with Crippen molar-refractivity contribution in [2.45, 2.75) is 19.4 Å². The Morgan fingerprint density at radius 1 is 1.14 bits per heavy atom. The van der Waals surface area contributed by atoms with Crippen molar-refractivity contribution in [1.82, 2.24) is 0 Å². The van der Waals surface area contributed by atoms with Gasteiger partial charge < -0.3 is 10.4 Å². The van der Waals surface area contributed by atoms with Gasteiger partial charge in [0.25, 0.3) is 0 Å². The van der Waals surface area contributed by atoms with Gasteiger partial charge in [-0.3, -0.25) is 0 Å². The summed E-state index contributed by atoms with van der Waals surface area (Å²) < 4.78 is 26.6. The molecule has 0 aliphatic rings. The van der Waals surface area contributed by atoms with Gasteiger partial charge in [-0.2, -0.15) is 0 Å². The summed E-state index contributed by atoms with van der Waals surface area (Å²) in [6.45, 7) is 3.04. The predicted molar refractivity (Wildman–Crippen MR) is 76.1 cm³/mol. The average molecular weight is 291 g/mol. The van der Waals surface area contributed by atoms with Crippen molar-refractivity contribution in [2.75, 3.05) is 5.32 Å². The van der Waals surface area contributed by atoms with Crippen LogP contribution >= 0.6 is 0 Å². The zero-order valence-electron chi connectivity index (χ0n) is 11.7. The molecule has 0 aliphatic heterocycles. The Morgan fingerprint density at radius 3 is 2.29 bits per heavy atom. The van der Waals surface area contributed by atoms with E-state index in [0.29, 0.717) is 11.3 Å². The molecule has 0 aliphatic carbocycles. The van der Waals surface area contributed by atoms with E-state index < -0.39 is 23.1 Å². The predicted octanol–water partition coefficient (Wildman–Crippen LogP) is 3.69. The van der Waals surface area contributed by atoms with E-state index in [0.717, 1.165) is 0 Å². The van der Waals surface area contributed by atoms with Crippen LogP contribution in [0.3, 0.4) is 0 Å². The third kappa shape index (κ3) is 3.02. The molecule has 0 saturated heterocycles. The van der Waals surface area contributed by atoms with Crippen molar-refractivity contribution in [1.29, 1.82) is 0 Å². The van der Waals surface area contributed by atoms with E-state index in [1.54, 1.807) is 13.0 Å². The lowest BCUT2D eigenvalue weighted by Gasteiger charge is -2.28. The van der Waals surface area contributed by atoms with Crippen LogP contribution in [0.5, 0.6) is 0 Å². The number of carbonyl (C=O) groups is 1. The molecule has 2 rings (SSSR count). The molecule has 2 aromatic rings. The van der Waals surface area contributed by atoms with Gasteiger partial charge in [-0.05, 0) is 55.3 Å². The second-order valence-corrected chi connectivity index (χ2v) is 5.03. The van der Waals surface area contributed by atoms with E-state index in [-0.39, 0.29) is 5.56 Å². The highest BCUT2D eigenvalue weighted by Crippen LogP contribution is 2.28. The number of halogens is 2. The van der Waals surface area contributed by atoms with Crippen LogP contribution in [-0.4, -0.2) is 11.1 Å². The van der Waals surface area contributed by atoms with Gasteiger partial charge >= 0.3 is 5.97 Å². The molecule has 110 valence electrons. The number of hydrogen-bond donors (Lipinski definition) is 2. The molecule has 2 N–H and O–H groups in total. The maximum absolute atomic E-state index is 13.7. The maximum atomic E-state index is 13.7. The summed E-state index contributed by atoms with van der Waals surface area (Å²) in [7, 11) is 0. The normalized spacial score (nSPS) is 13.5. The standard InChI is InChI=1S/C16H15F2NO2/c1-10-3-4-11(9-14(10)18)16(2,15(20)21)19-13-7-5-12(17)6-8-13/h3-9,19H,1-2H3,(H,20,21). The Kier molecular flexibility index (Phi) is 3.93. The van der Waals surface area contributed by atoms with Crippen molar-refractivity contribution < 1.29 is 18.7 Å². The zero-order valence-corrected chi connectivity index (χ0v) is 11.7. The van der Waals surface area contributed by atoms with E-state index in [9.17, 15) is 18.7 Å². The zero-order chi connectivity index (χ0) is 15.6. The number of carboxylic acid groups (broad SMARTS) is 1. The quantitative estimate of drug-likeness (QED) is 0.903. The van der Waals surface area contributed by atoms with Crippen LogP contribution in [0.4, 0.5) is 14.5 Å². The first-order valence-electron chi connectivity index (χ1n) is 6.37. The minimum Gasteiger partial charge on any atom is -0.479 e. The fraction of sp³-hybridized carbons (Fsp3) is 0.188. The molecule has 0 fully saturated rings. The molecule has 3 nitrogen and oxygen atoms in total. The molecule has 0 heterocycles. The largest absolute Gasteiger partial charge is 0.479 e. The lowest BCUT2D eigenvalue weighted by molar-refractivity contribution is -0.142. The van der Waals surface area contributed by atoms with Gasteiger partial charge in [0.15, 0.2) is 5.54 Å². The number of aryl methyl sites for hydroxylation is 1. The first-order valence-corrected chi connectivity index (χ1v) is 6.37. The molecule has 2 aromatic carbocycles. The summed E-state index contributed by atoms with van der Waals surface area (Å²) >= 11 is 0. The van der Waals surface area contributed by atoms with E-state index in [1.165, 1.54) is 43.3 Å². The van der Waals surface area contributed by atoms with Crippen LogP contribution in [0.2, 0.25) is 0 Å². The Morgan fingerprint density at radius 2 is 1.76 bits per heavy atom. The van der Waals surface area contributed by atoms with Crippen molar-refractivity contribution in [3.63, 3.8) is 0 Å². The SMILES string of the molecule is Cc1ccc(C(C)(Nc2ccc(F)cc2)C(=O)O)cc1F. The van der Waals surface area contributed by atoms with Gasteiger partial charge in [-0.1, -0.05) is 12.1 Å². The molecule has 1 unspecified atom stereocenters. The van der Waals surface area contributed by atoms with Gasteiger partial charge in [0.05, 0.1) is 0 Å². The topological polar surface area (TPSA) is 49.3 Å². The van der Waals surface area contributed by atoms with Crippen LogP contribution < -0.4 is 5.32 Å². The number of benzene rings is 2. The minimum atomic E-state index is -1.52. The van der Waals surface area contributed by atoms with Crippen molar-refractivity contribution in [3.8, 4) is 0 Å². The van der Waals surface area contributed by atoms with E-state index in [4.69, 9.17) is 0 Å². The molecule has 21 heavy (non-hydrogen) atoms. The van der Waals surface area contributed by atoms with Crippen molar-refractivity contribution in [3.05, 3.63) is 65.2 Å². The number of nitrogens with one attached hydrogen (secondary N) is 1. The second-order valence-electron chi connectivity index (χ2n) is 5.03. The molecular formula is C16H15F2NO2. The summed E-state index contributed by atoms with van der Waals surface area (Å²) in [6.07, 6.45) is 0. The third-order valence-electron chi connectivity index (χ3n) is 3.42. The minimum absolute atomic E-state index is 0.280. The Balaban J connectivity index is 2.42. The van der Waals surface area contributed by atoms with Crippen molar-refractivity contribution >= 4 is 11.7 Å². The van der Waals surface area contributed by atoms with E-state index in [2.05, 4.69) is 5.32 Å². The smallest absolute Gasteiger partial charge is 0.333 e. The first-order chi connectivity index (χ1) is 9.83. The molecular weight excluding hydrogens is 276 g/mol. The molecule has 0 saturated carbocycles. The van der Waals surface area contributed by atoms with Crippen LogP contribution in [0.15, 0.2) is 42.5 Å². The highest BCUT2D eigenvalue weighted by Gasteiger charge is 2.35. The fourth-order valence-electron chi connectivity index (χ4n) is 1.97. The molecule has 0 aromatic heterocycles. The summed E-state index contributed by atoms with van der Waals surface area (Å²) in [6, 6.07) is 9.59. The van der Waals surface area contributed by atoms with Crippen LogP contribution in [0.25, 0.3) is 0 Å². The Hall–Kier alpha value is -2.43. The maximum Gasteiger partial charge on any atom is 0.333 e. The van der Waals surface area contributed by atoms with Crippen LogP contribution in [0.1, 0.15) is 18.1 Å². The lowest BCUT2D eigenvalue weighted by Crippen LogP contribution is -2.40. The third-order valence-corrected chi connectivity index (χ3v) is 3.42.